The van der Waals surface area contributed by atoms with Gasteiger partial charge in [0.05, 0.1) is 17.5 Å². The van der Waals surface area contributed by atoms with E-state index in [9.17, 15) is 14.0 Å². The van der Waals surface area contributed by atoms with Crippen LogP contribution in [0.1, 0.15) is 41.7 Å². The first-order chi connectivity index (χ1) is 13.5. The number of likely N-dealkylation sites (tertiary alicyclic amines) is 1. The molecule has 1 unspecified atom stereocenters. The zero-order valence-electron chi connectivity index (χ0n) is 16.4. The molecule has 0 spiro atoms. The number of nitrogens with zero attached hydrogens (tertiary/aromatic N) is 3. The van der Waals surface area contributed by atoms with Crippen LogP contribution in [0.3, 0.4) is 0 Å². The van der Waals surface area contributed by atoms with Crippen molar-refractivity contribution >= 4 is 24.2 Å². The third kappa shape index (κ3) is 5.13. The largest absolute Gasteiger partial charge is 0.354 e. The second kappa shape index (κ2) is 10.4. The fourth-order valence-corrected chi connectivity index (χ4v) is 3.57. The average molecular weight is 424 g/mol. The number of halogens is 2. The molecule has 29 heavy (non-hydrogen) atoms. The predicted molar refractivity (Wildman–Crippen MR) is 111 cm³/mol. The number of piperidine rings is 1. The molecular weight excluding hydrogens is 397 g/mol. The maximum absolute atomic E-state index is 14.1. The summed E-state index contributed by atoms with van der Waals surface area (Å²) in [6.45, 7) is 3.09. The van der Waals surface area contributed by atoms with Crippen molar-refractivity contribution in [2.45, 2.75) is 38.6 Å². The molecule has 3 rings (SSSR count). The van der Waals surface area contributed by atoms with Gasteiger partial charge in [-0.1, -0.05) is 12.1 Å². The summed E-state index contributed by atoms with van der Waals surface area (Å²) in [6, 6.07) is 6.26. The van der Waals surface area contributed by atoms with Crippen LogP contribution in [-0.2, 0) is 4.79 Å². The third-order valence-electron chi connectivity index (χ3n) is 5.12. The van der Waals surface area contributed by atoms with Crippen molar-refractivity contribution in [3.8, 4) is 5.69 Å². The minimum atomic E-state index is -0.397. The molecule has 7 nitrogen and oxygen atoms in total. The van der Waals surface area contributed by atoms with Crippen molar-refractivity contribution in [2.75, 3.05) is 19.6 Å². The molecule has 1 fully saturated rings. The lowest BCUT2D eigenvalue weighted by Gasteiger charge is -2.35. The van der Waals surface area contributed by atoms with Gasteiger partial charge in [-0.3, -0.25) is 9.59 Å². The zero-order chi connectivity index (χ0) is 20.1. The SMILES string of the molecule is Cc1c(C(=O)N2CCCCC2CNC(=O)CCN)cnn1-c1ccccc1F.Cl. The molecule has 158 valence electrons. The second-order valence-electron chi connectivity index (χ2n) is 7.00. The highest BCUT2D eigenvalue weighted by atomic mass is 35.5. The van der Waals surface area contributed by atoms with Gasteiger partial charge in [0.15, 0.2) is 0 Å². The summed E-state index contributed by atoms with van der Waals surface area (Å²) in [7, 11) is 0. The maximum atomic E-state index is 14.1. The van der Waals surface area contributed by atoms with Gasteiger partial charge in [0.2, 0.25) is 5.91 Å². The molecule has 9 heteroatoms. The van der Waals surface area contributed by atoms with Crippen LogP contribution in [0.25, 0.3) is 5.69 Å². The van der Waals surface area contributed by atoms with E-state index in [2.05, 4.69) is 10.4 Å². The lowest BCUT2D eigenvalue weighted by atomic mass is 10.0. The molecule has 1 aliphatic rings. The van der Waals surface area contributed by atoms with Gasteiger partial charge in [-0.15, -0.1) is 12.4 Å². The van der Waals surface area contributed by atoms with Crippen LogP contribution in [-0.4, -0.2) is 52.2 Å². The van der Waals surface area contributed by atoms with Crippen molar-refractivity contribution in [1.29, 1.82) is 0 Å². The topological polar surface area (TPSA) is 93.2 Å². The summed E-state index contributed by atoms with van der Waals surface area (Å²) in [5.41, 5.74) is 6.75. The number of carbonyl (C=O) groups excluding carboxylic acids is 2. The van der Waals surface area contributed by atoms with E-state index in [-0.39, 0.29) is 36.7 Å². The monoisotopic (exact) mass is 423 g/mol. The van der Waals surface area contributed by atoms with Crippen LogP contribution < -0.4 is 11.1 Å². The molecule has 1 atom stereocenters. The van der Waals surface area contributed by atoms with Gasteiger partial charge in [0.1, 0.15) is 11.5 Å². The molecule has 1 saturated heterocycles. The van der Waals surface area contributed by atoms with E-state index < -0.39 is 5.82 Å². The number of hydrogen-bond donors (Lipinski definition) is 2. The Kier molecular flexibility index (Phi) is 8.16. The molecule has 2 aromatic rings. The Morgan fingerprint density at radius 3 is 2.79 bits per heavy atom. The van der Waals surface area contributed by atoms with E-state index in [0.29, 0.717) is 36.6 Å². The number of carbonyl (C=O) groups is 2. The van der Waals surface area contributed by atoms with Crippen molar-refractivity contribution < 1.29 is 14.0 Å². The molecule has 0 bridgehead atoms. The van der Waals surface area contributed by atoms with Gasteiger partial charge in [-0.2, -0.15) is 5.10 Å². The van der Waals surface area contributed by atoms with Gasteiger partial charge in [-0.05, 0) is 38.3 Å². The number of para-hydroxylation sites is 1. The standard InChI is InChI=1S/C20H26FN5O2.ClH/c1-14-16(13-24-26(14)18-8-3-2-7-17(18)21)20(28)25-11-5-4-6-15(25)12-23-19(27)9-10-22;/h2-3,7-8,13,15H,4-6,9-12,22H2,1H3,(H,23,27);1H. The molecule has 2 heterocycles. The van der Waals surface area contributed by atoms with Gasteiger partial charge >= 0.3 is 0 Å². The molecule has 1 aliphatic heterocycles. The summed E-state index contributed by atoms with van der Waals surface area (Å²) in [6.07, 6.45) is 4.52. The van der Waals surface area contributed by atoms with E-state index in [1.807, 2.05) is 0 Å². The minimum Gasteiger partial charge on any atom is -0.354 e. The smallest absolute Gasteiger partial charge is 0.257 e. The highest BCUT2D eigenvalue weighted by Crippen LogP contribution is 2.23. The Bertz CT molecular complexity index is 857. The Balaban J connectivity index is 0.00000300. The third-order valence-corrected chi connectivity index (χ3v) is 5.12. The van der Waals surface area contributed by atoms with Gasteiger partial charge < -0.3 is 16.0 Å². The highest BCUT2D eigenvalue weighted by molar-refractivity contribution is 5.95. The Morgan fingerprint density at radius 1 is 1.31 bits per heavy atom. The van der Waals surface area contributed by atoms with Crippen molar-refractivity contribution in [1.82, 2.24) is 20.0 Å². The van der Waals surface area contributed by atoms with Crippen LogP contribution >= 0.6 is 12.4 Å². The second-order valence-corrected chi connectivity index (χ2v) is 7.00. The highest BCUT2D eigenvalue weighted by Gasteiger charge is 2.30. The molecule has 0 radical (unpaired) electrons. The first kappa shape index (κ1) is 22.8. The fraction of sp³-hybridized carbons (Fsp3) is 0.450. The number of hydrogen-bond acceptors (Lipinski definition) is 4. The summed E-state index contributed by atoms with van der Waals surface area (Å²) < 4.78 is 15.6. The number of amides is 2. The van der Waals surface area contributed by atoms with Crippen molar-refractivity contribution in [2.24, 2.45) is 5.73 Å². The van der Waals surface area contributed by atoms with E-state index in [4.69, 9.17) is 5.73 Å². The van der Waals surface area contributed by atoms with E-state index in [1.54, 1.807) is 30.0 Å². The van der Waals surface area contributed by atoms with Gasteiger partial charge in [-0.25, -0.2) is 9.07 Å². The Labute approximate surface area is 175 Å². The van der Waals surface area contributed by atoms with E-state index in [1.165, 1.54) is 16.9 Å². The number of nitrogens with one attached hydrogen (secondary N) is 1. The lowest BCUT2D eigenvalue weighted by molar-refractivity contribution is -0.121. The maximum Gasteiger partial charge on any atom is 0.257 e. The van der Waals surface area contributed by atoms with Gasteiger partial charge in [0, 0.05) is 32.1 Å². The number of aromatic nitrogens is 2. The van der Waals surface area contributed by atoms with Crippen LogP contribution in [0, 0.1) is 12.7 Å². The first-order valence-electron chi connectivity index (χ1n) is 9.60. The van der Waals surface area contributed by atoms with Crippen LogP contribution in [0.4, 0.5) is 4.39 Å². The molecule has 1 aromatic heterocycles. The molecule has 3 N–H and O–H groups in total. The summed E-state index contributed by atoms with van der Waals surface area (Å²) in [4.78, 5) is 26.7. The van der Waals surface area contributed by atoms with Crippen LogP contribution in [0.15, 0.2) is 30.5 Å². The normalized spacial score (nSPS) is 16.2. The quantitative estimate of drug-likeness (QED) is 0.744. The summed E-state index contributed by atoms with van der Waals surface area (Å²) in [5, 5.41) is 7.09. The fourth-order valence-electron chi connectivity index (χ4n) is 3.57. The van der Waals surface area contributed by atoms with E-state index >= 15 is 0 Å². The summed E-state index contributed by atoms with van der Waals surface area (Å²) in [5.74, 6) is -0.645. The molecule has 2 amide bonds. The van der Waals surface area contributed by atoms with Crippen LogP contribution in [0.5, 0.6) is 0 Å². The lowest BCUT2D eigenvalue weighted by Crippen LogP contribution is -2.49. The Morgan fingerprint density at radius 2 is 2.07 bits per heavy atom. The van der Waals surface area contributed by atoms with Crippen molar-refractivity contribution in [3.63, 3.8) is 0 Å². The van der Waals surface area contributed by atoms with Crippen LogP contribution in [0.2, 0.25) is 0 Å². The van der Waals surface area contributed by atoms with E-state index in [0.717, 1.165) is 19.3 Å². The predicted octanol–water partition coefficient (Wildman–Crippen LogP) is 2.20. The Hall–Kier alpha value is -2.45. The number of benzene rings is 1. The number of nitrogens with two attached hydrogens (primary N) is 1. The van der Waals surface area contributed by atoms with Gasteiger partial charge in [0.25, 0.3) is 5.91 Å². The molecule has 0 aliphatic carbocycles. The first-order valence-corrected chi connectivity index (χ1v) is 9.60. The minimum absolute atomic E-state index is 0. The zero-order valence-corrected chi connectivity index (χ0v) is 17.3. The molecule has 1 aromatic carbocycles. The average Bonchev–Trinajstić information content (AvgIpc) is 3.08. The summed E-state index contributed by atoms with van der Waals surface area (Å²) >= 11 is 0. The number of rotatable bonds is 6. The molecular formula is C20H27ClFN5O2. The molecule has 0 saturated carbocycles. The van der Waals surface area contributed by atoms with Crippen molar-refractivity contribution in [3.05, 3.63) is 47.5 Å².